The SMILES string of the molecule is CN1CCC(NC(=O)c2ccc(Br)cc2O)(C(N)=S)CC1. The van der Waals surface area contributed by atoms with Gasteiger partial charge in [-0.3, -0.25) is 4.79 Å². The molecule has 1 aliphatic rings. The number of benzene rings is 1. The number of halogens is 1. The van der Waals surface area contributed by atoms with Gasteiger partial charge in [-0.1, -0.05) is 28.1 Å². The number of likely N-dealkylation sites (tertiary alicyclic amines) is 1. The van der Waals surface area contributed by atoms with Crippen molar-refractivity contribution in [1.82, 2.24) is 10.2 Å². The van der Waals surface area contributed by atoms with Gasteiger partial charge in [-0.05, 0) is 38.1 Å². The number of amides is 1. The van der Waals surface area contributed by atoms with E-state index in [2.05, 4.69) is 26.1 Å². The van der Waals surface area contributed by atoms with Crippen molar-refractivity contribution in [2.75, 3.05) is 20.1 Å². The van der Waals surface area contributed by atoms with E-state index in [0.29, 0.717) is 22.3 Å². The number of thiocarbonyl (C=S) groups is 1. The molecular formula is C14H18BrN3O2S. The summed E-state index contributed by atoms with van der Waals surface area (Å²) in [6.45, 7) is 1.62. The summed E-state index contributed by atoms with van der Waals surface area (Å²) in [6, 6.07) is 4.75. The summed E-state index contributed by atoms with van der Waals surface area (Å²) in [6.07, 6.45) is 1.34. The van der Waals surface area contributed by atoms with Crippen molar-refractivity contribution in [2.24, 2.45) is 5.73 Å². The molecule has 7 heteroatoms. The average molecular weight is 372 g/mol. The minimum absolute atomic E-state index is 0.0760. The molecule has 21 heavy (non-hydrogen) atoms. The fourth-order valence-electron chi connectivity index (χ4n) is 2.41. The third kappa shape index (κ3) is 3.53. The number of nitrogens with one attached hydrogen (secondary N) is 1. The van der Waals surface area contributed by atoms with Crippen molar-refractivity contribution in [3.63, 3.8) is 0 Å². The number of phenolic OH excluding ortho intramolecular Hbond substituents is 1. The van der Waals surface area contributed by atoms with E-state index in [0.717, 1.165) is 13.1 Å². The number of phenols is 1. The van der Waals surface area contributed by atoms with Gasteiger partial charge >= 0.3 is 0 Å². The van der Waals surface area contributed by atoms with Crippen LogP contribution in [0.1, 0.15) is 23.2 Å². The summed E-state index contributed by atoms with van der Waals surface area (Å²) in [5, 5.41) is 12.8. The van der Waals surface area contributed by atoms with Crippen LogP contribution in [0.25, 0.3) is 0 Å². The molecule has 0 unspecified atom stereocenters. The minimum Gasteiger partial charge on any atom is -0.507 e. The maximum absolute atomic E-state index is 12.4. The summed E-state index contributed by atoms with van der Waals surface area (Å²) in [4.78, 5) is 14.9. The predicted octanol–water partition coefficient (Wildman–Crippen LogP) is 1.63. The first kappa shape index (κ1) is 16.2. The Kier molecular flexibility index (Phi) is 4.85. The van der Waals surface area contributed by atoms with Crippen LogP contribution in [0.3, 0.4) is 0 Å². The molecule has 4 N–H and O–H groups in total. The van der Waals surface area contributed by atoms with Gasteiger partial charge in [0.25, 0.3) is 5.91 Å². The molecule has 1 amide bonds. The molecule has 0 spiro atoms. The first-order chi connectivity index (χ1) is 9.84. The lowest BCUT2D eigenvalue weighted by molar-refractivity contribution is 0.0887. The number of hydrogen-bond acceptors (Lipinski definition) is 4. The molecule has 1 aliphatic heterocycles. The van der Waals surface area contributed by atoms with Crippen molar-refractivity contribution in [3.05, 3.63) is 28.2 Å². The van der Waals surface area contributed by atoms with E-state index in [9.17, 15) is 9.90 Å². The van der Waals surface area contributed by atoms with Gasteiger partial charge < -0.3 is 21.1 Å². The second-order valence-corrected chi connectivity index (χ2v) is 6.72. The van der Waals surface area contributed by atoms with Gasteiger partial charge in [-0.25, -0.2) is 0 Å². The van der Waals surface area contributed by atoms with Crippen molar-refractivity contribution in [2.45, 2.75) is 18.4 Å². The molecule has 1 aromatic rings. The Bertz CT molecular complexity index is 571. The van der Waals surface area contributed by atoms with E-state index >= 15 is 0 Å². The zero-order chi connectivity index (χ0) is 15.6. The van der Waals surface area contributed by atoms with E-state index in [1.165, 1.54) is 6.07 Å². The number of carbonyl (C=O) groups excluding carboxylic acids is 1. The third-order valence-corrected chi connectivity index (χ3v) is 4.75. The molecule has 0 aromatic heterocycles. The van der Waals surface area contributed by atoms with E-state index in [1.54, 1.807) is 12.1 Å². The van der Waals surface area contributed by atoms with Crippen LogP contribution < -0.4 is 11.1 Å². The molecule has 114 valence electrons. The monoisotopic (exact) mass is 371 g/mol. The highest BCUT2D eigenvalue weighted by Gasteiger charge is 2.38. The van der Waals surface area contributed by atoms with Gasteiger partial charge in [0.15, 0.2) is 0 Å². The van der Waals surface area contributed by atoms with Gasteiger partial charge in [0.1, 0.15) is 5.75 Å². The molecule has 0 atom stereocenters. The Morgan fingerprint density at radius 2 is 2.10 bits per heavy atom. The molecule has 0 saturated carbocycles. The number of aromatic hydroxyl groups is 1. The lowest BCUT2D eigenvalue weighted by Gasteiger charge is -2.40. The topological polar surface area (TPSA) is 78.6 Å². The van der Waals surface area contributed by atoms with E-state index < -0.39 is 5.54 Å². The summed E-state index contributed by atoms with van der Waals surface area (Å²) in [5.41, 5.74) is 5.40. The van der Waals surface area contributed by atoms with Crippen molar-refractivity contribution in [1.29, 1.82) is 0 Å². The fourth-order valence-corrected chi connectivity index (χ4v) is 3.02. The molecule has 1 saturated heterocycles. The highest BCUT2D eigenvalue weighted by molar-refractivity contribution is 9.10. The normalized spacial score (nSPS) is 18.2. The predicted molar refractivity (Wildman–Crippen MR) is 89.5 cm³/mol. The number of rotatable bonds is 3. The largest absolute Gasteiger partial charge is 0.507 e. The summed E-state index contributed by atoms with van der Waals surface area (Å²) in [5.74, 6) is -0.440. The van der Waals surface area contributed by atoms with Gasteiger partial charge in [-0.15, -0.1) is 0 Å². The highest BCUT2D eigenvalue weighted by atomic mass is 79.9. The van der Waals surface area contributed by atoms with Crippen LogP contribution in [0.2, 0.25) is 0 Å². The third-order valence-electron chi connectivity index (χ3n) is 3.87. The standard InChI is InChI=1S/C14H18BrN3O2S/c1-18-6-4-14(5-7-18,13(16)21)17-12(20)10-3-2-9(15)8-11(10)19/h2-3,8,19H,4-7H2,1H3,(H2,16,21)(H,17,20). The number of nitrogens with zero attached hydrogens (tertiary/aromatic N) is 1. The molecule has 5 nitrogen and oxygen atoms in total. The van der Waals surface area contributed by atoms with Crippen LogP contribution >= 0.6 is 28.1 Å². The maximum atomic E-state index is 12.4. The first-order valence-electron chi connectivity index (χ1n) is 6.63. The molecule has 0 aliphatic carbocycles. The van der Waals surface area contributed by atoms with E-state index in [1.807, 2.05) is 7.05 Å². The number of hydrogen-bond donors (Lipinski definition) is 3. The smallest absolute Gasteiger partial charge is 0.255 e. The van der Waals surface area contributed by atoms with Crippen molar-refractivity contribution < 1.29 is 9.90 Å². The Hall–Kier alpha value is -1.18. The van der Waals surface area contributed by atoms with Gasteiger partial charge in [0, 0.05) is 17.6 Å². The highest BCUT2D eigenvalue weighted by Crippen LogP contribution is 2.26. The zero-order valence-electron chi connectivity index (χ0n) is 11.7. The van der Waals surface area contributed by atoms with Crippen LogP contribution in [0.5, 0.6) is 5.75 Å². The number of carbonyl (C=O) groups is 1. The quantitative estimate of drug-likeness (QED) is 0.703. The molecule has 1 aromatic carbocycles. The molecule has 2 rings (SSSR count). The van der Waals surface area contributed by atoms with E-state index in [4.69, 9.17) is 18.0 Å². The van der Waals surface area contributed by atoms with Gasteiger partial charge in [-0.2, -0.15) is 0 Å². The zero-order valence-corrected chi connectivity index (χ0v) is 14.1. The average Bonchev–Trinajstić information content (AvgIpc) is 2.41. The summed E-state index contributed by atoms with van der Waals surface area (Å²) < 4.78 is 0.708. The first-order valence-corrected chi connectivity index (χ1v) is 7.84. The Morgan fingerprint density at radius 3 is 2.62 bits per heavy atom. The molecule has 1 heterocycles. The second kappa shape index (κ2) is 6.29. The van der Waals surface area contributed by atoms with Crippen molar-refractivity contribution >= 4 is 39.0 Å². The molecule has 1 fully saturated rings. The maximum Gasteiger partial charge on any atom is 0.255 e. The molecule has 0 radical (unpaired) electrons. The molecule has 0 bridgehead atoms. The Labute approximate surface area is 137 Å². The van der Waals surface area contributed by atoms with Crippen LogP contribution in [0.15, 0.2) is 22.7 Å². The van der Waals surface area contributed by atoms with Crippen LogP contribution in [0.4, 0.5) is 0 Å². The van der Waals surface area contributed by atoms with Gasteiger partial charge in [0.2, 0.25) is 0 Å². The minimum atomic E-state index is -0.682. The Morgan fingerprint density at radius 1 is 1.48 bits per heavy atom. The summed E-state index contributed by atoms with van der Waals surface area (Å²) >= 11 is 8.41. The van der Waals surface area contributed by atoms with Crippen LogP contribution in [-0.4, -0.2) is 46.6 Å². The van der Waals surface area contributed by atoms with Crippen LogP contribution in [0, 0.1) is 0 Å². The van der Waals surface area contributed by atoms with E-state index in [-0.39, 0.29) is 17.2 Å². The fraction of sp³-hybridized carbons (Fsp3) is 0.429. The van der Waals surface area contributed by atoms with Crippen LogP contribution in [-0.2, 0) is 0 Å². The van der Waals surface area contributed by atoms with Crippen molar-refractivity contribution in [3.8, 4) is 5.75 Å². The number of nitrogens with two attached hydrogens (primary N) is 1. The molecular weight excluding hydrogens is 354 g/mol. The number of piperidine rings is 1. The second-order valence-electron chi connectivity index (χ2n) is 5.37. The lowest BCUT2D eigenvalue weighted by atomic mass is 9.87. The van der Waals surface area contributed by atoms with Gasteiger partial charge in [0.05, 0.1) is 16.1 Å². The lowest BCUT2D eigenvalue weighted by Crippen LogP contribution is -2.61. The Balaban J connectivity index is 2.21. The summed E-state index contributed by atoms with van der Waals surface area (Å²) in [7, 11) is 2.02.